The smallest absolute Gasteiger partial charge is 0.0347 e. The van der Waals surface area contributed by atoms with Crippen molar-refractivity contribution in [1.82, 2.24) is 0 Å². The molecule has 0 aliphatic heterocycles. The zero-order valence-corrected chi connectivity index (χ0v) is 13.3. The standard InChI is InChI=1S/C17H20BrN/c1-11-6-4-7-12(2)15(11)10-16(19)14-9-5-8-13(3)17(14)18/h4-9,16H,10,19H2,1-3H3. The normalized spacial score (nSPS) is 12.5. The van der Waals surface area contributed by atoms with E-state index in [4.69, 9.17) is 5.73 Å². The van der Waals surface area contributed by atoms with Crippen molar-refractivity contribution in [3.05, 3.63) is 68.7 Å². The van der Waals surface area contributed by atoms with Crippen LogP contribution in [0.5, 0.6) is 0 Å². The van der Waals surface area contributed by atoms with E-state index in [0.29, 0.717) is 0 Å². The molecule has 2 heteroatoms. The largest absolute Gasteiger partial charge is 0.324 e. The van der Waals surface area contributed by atoms with Crippen molar-refractivity contribution in [2.24, 2.45) is 5.73 Å². The lowest BCUT2D eigenvalue weighted by Crippen LogP contribution is -2.15. The Bertz CT molecular complexity index is 570. The van der Waals surface area contributed by atoms with Crippen LogP contribution in [0.4, 0.5) is 0 Å². The molecule has 2 N–H and O–H groups in total. The summed E-state index contributed by atoms with van der Waals surface area (Å²) >= 11 is 3.65. The summed E-state index contributed by atoms with van der Waals surface area (Å²) in [6, 6.07) is 12.7. The van der Waals surface area contributed by atoms with Gasteiger partial charge in [0, 0.05) is 10.5 Å². The van der Waals surface area contributed by atoms with Crippen molar-refractivity contribution in [2.45, 2.75) is 33.2 Å². The Morgan fingerprint density at radius 2 is 1.47 bits per heavy atom. The van der Waals surface area contributed by atoms with Gasteiger partial charge < -0.3 is 5.73 Å². The SMILES string of the molecule is Cc1cccc(C(N)Cc2c(C)cccc2C)c1Br. The molecule has 0 amide bonds. The molecule has 1 nitrogen and oxygen atoms in total. The lowest BCUT2D eigenvalue weighted by Gasteiger charge is -2.18. The van der Waals surface area contributed by atoms with Crippen molar-refractivity contribution >= 4 is 15.9 Å². The first-order valence-electron chi connectivity index (χ1n) is 6.56. The van der Waals surface area contributed by atoms with Gasteiger partial charge in [-0.3, -0.25) is 0 Å². The summed E-state index contributed by atoms with van der Waals surface area (Å²) in [6.45, 7) is 6.40. The highest BCUT2D eigenvalue weighted by Crippen LogP contribution is 2.28. The van der Waals surface area contributed by atoms with E-state index in [0.717, 1.165) is 10.9 Å². The summed E-state index contributed by atoms with van der Waals surface area (Å²) in [5, 5.41) is 0. The third-order valence-corrected chi connectivity index (χ3v) is 4.77. The van der Waals surface area contributed by atoms with Gasteiger partial charge in [-0.2, -0.15) is 0 Å². The van der Waals surface area contributed by atoms with Crippen molar-refractivity contribution in [3.63, 3.8) is 0 Å². The van der Waals surface area contributed by atoms with E-state index in [1.54, 1.807) is 0 Å². The molecule has 1 unspecified atom stereocenters. The van der Waals surface area contributed by atoms with Gasteiger partial charge in [-0.15, -0.1) is 0 Å². The summed E-state index contributed by atoms with van der Waals surface area (Å²) in [5.41, 5.74) is 12.8. The van der Waals surface area contributed by atoms with Crippen molar-refractivity contribution in [1.29, 1.82) is 0 Å². The van der Waals surface area contributed by atoms with Gasteiger partial charge in [0.05, 0.1) is 0 Å². The molecule has 1 atom stereocenters. The predicted molar refractivity (Wildman–Crippen MR) is 85.4 cm³/mol. The predicted octanol–water partition coefficient (Wildman–Crippen LogP) is 4.62. The molecule has 2 aromatic rings. The minimum atomic E-state index is 0.0223. The van der Waals surface area contributed by atoms with E-state index in [1.807, 2.05) is 0 Å². The molecule has 2 aromatic carbocycles. The van der Waals surface area contributed by atoms with Gasteiger partial charge in [0.15, 0.2) is 0 Å². The molecular weight excluding hydrogens is 298 g/mol. The highest BCUT2D eigenvalue weighted by atomic mass is 79.9. The first-order chi connectivity index (χ1) is 9.00. The van der Waals surface area contributed by atoms with E-state index < -0.39 is 0 Å². The van der Waals surface area contributed by atoms with Crippen molar-refractivity contribution in [2.75, 3.05) is 0 Å². The van der Waals surface area contributed by atoms with E-state index in [2.05, 4.69) is 73.1 Å². The van der Waals surface area contributed by atoms with Gasteiger partial charge in [0.25, 0.3) is 0 Å². The number of hydrogen-bond donors (Lipinski definition) is 1. The van der Waals surface area contributed by atoms with Crippen LogP contribution in [0.2, 0.25) is 0 Å². The zero-order valence-electron chi connectivity index (χ0n) is 11.7. The maximum atomic E-state index is 6.40. The van der Waals surface area contributed by atoms with Gasteiger partial charge in [0.1, 0.15) is 0 Å². The van der Waals surface area contributed by atoms with Crippen molar-refractivity contribution < 1.29 is 0 Å². The Balaban J connectivity index is 2.31. The van der Waals surface area contributed by atoms with Gasteiger partial charge in [-0.25, -0.2) is 0 Å². The van der Waals surface area contributed by atoms with Gasteiger partial charge in [-0.1, -0.05) is 52.3 Å². The Morgan fingerprint density at radius 3 is 2.11 bits per heavy atom. The van der Waals surface area contributed by atoms with E-state index in [-0.39, 0.29) is 6.04 Å². The van der Waals surface area contributed by atoms with E-state index in [9.17, 15) is 0 Å². The molecule has 0 fully saturated rings. The summed E-state index contributed by atoms with van der Waals surface area (Å²) in [6.07, 6.45) is 0.876. The maximum Gasteiger partial charge on any atom is 0.0347 e. The van der Waals surface area contributed by atoms with Crippen LogP contribution in [-0.4, -0.2) is 0 Å². The fourth-order valence-electron chi connectivity index (χ4n) is 2.46. The van der Waals surface area contributed by atoms with Gasteiger partial charge >= 0.3 is 0 Å². The van der Waals surface area contributed by atoms with Crippen LogP contribution < -0.4 is 5.73 Å². The van der Waals surface area contributed by atoms with Crippen LogP contribution in [0.25, 0.3) is 0 Å². The minimum absolute atomic E-state index is 0.0223. The third kappa shape index (κ3) is 3.07. The van der Waals surface area contributed by atoms with Crippen LogP contribution >= 0.6 is 15.9 Å². The molecule has 0 heterocycles. The first kappa shape index (κ1) is 14.3. The molecule has 0 aliphatic carbocycles. The second-order valence-electron chi connectivity index (χ2n) is 5.16. The molecule has 0 radical (unpaired) electrons. The molecule has 0 aliphatic rings. The number of rotatable bonds is 3. The molecule has 0 bridgehead atoms. The Kier molecular flexibility index (Phi) is 4.43. The van der Waals surface area contributed by atoms with E-state index in [1.165, 1.54) is 27.8 Å². The third-order valence-electron chi connectivity index (χ3n) is 3.69. The lowest BCUT2D eigenvalue weighted by atomic mass is 9.93. The molecule has 2 rings (SSSR count). The minimum Gasteiger partial charge on any atom is -0.324 e. The molecule has 0 spiro atoms. The van der Waals surface area contributed by atoms with Crippen LogP contribution in [0.1, 0.15) is 33.9 Å². The molecular formula is C17H20BrN. The topological polar surface area (TPSA) is 26.0 Å². The van der Waals surface area contributed by atoms with Crippen LogP contribution in [-0.2, 0) is 6.42 Å². The molecule has 0 saturated heterocycles. The van der Waals surface area contributed by atoms with E-state index >= 15 is 0 Å². The highest BCUT2D eigenvalue weighted by Gasteiger charge is 2.14. The fourth-order valence-corrected chi connectivity index (χ4v) is 3.02. The average molecular weight is 318 g/mol. The molecule has 19 heavy (non-hydrogen) atoms. The lowest BCUT2D eigenvalue weighted by molar-refractivity contribution is 0.711. The molecule has 0 aromatic heterocycles. The van der Waals surface area contributed by atoms with Gasteiger partial charge in [-0.05, 0) is 55.0 Å². The number of aryl methyl sites for hydroxylation is 3. The second kappa shape index (κ2) is 5.89. The quantitative estimate of drug-likeness (QED) is 0.878. The average Bonchev–Trinajstić information content (AvgIpc) is 2.37. The number of nitrogens with two attached hydrogens (primary N) is 1. The second-order valence-corrected chi connectivity index (χ2v) is 5.95. The number of hydrogen-bond acceptors (Lipinski definition) is 1. The maximum absolute atomic E-state index is 6.40. The first-order valence-corrected chi connectivity index (χ1v) is 7.35. The Morgan fingerprint density at radius 1 is 0.947 bits per heavy atom. The molecule has 100 valence electrons. The fraction of sp³-hybridized carbons (Fsp3) is 0.294. The summed E-state index contributed by atoms with van der Waals surface area (Å²) in [4.78, 5) is 0. The van der Waals surface area contributed by atoms with Crippen molar-refractivity contribution in [3.8, 4) is 0 Å². The van der Waals surface area contributed by atoms with Gasteiger partial charge in [0.2, 0.25) is 0 Å². The van der Waals surface area contributed by atoms with Crippen LogP contribution in [0, 0.1) is 20.8 Å². The summed E-state index contributed by atoms with van der Waals surface area (Å²) < 4.78 is 1.13. The number of benzene rings is 2. The monoisotopic (exact) mass is 317 g/mol. The Labute approximate surface area is 124 Å². The summed E-state index contributed by atoms with van der Waals surface area (Å²) in [5.74, 6) is 0. The number of halogens is 1. The Hall–Kier alpha value is -1.12. The highest BCUT2D eigenvalue weighted by molar-refractivity contribution is 9.10. The van der Waals surface area contributed by atoms with Crippen LogP contribution in [0.15, 0.2) is 40.9 Å². The summed E-state index contributed by atoms with van der Waals surface area (Å²) in [7, 11) is 0. The molecule has 0 saturated carbocycles. The zero-order chi connectivity index (χ0) is 14.0. The van der Waals surface area contributed by atoms with Crippen LogP contribution in [0.3, 0.4) is 0 Å².